The van der Waals surface area contributed by atoms with Gasteiger partial charge in [0.15, 0.2) is 0 Å². The Hall–Kier alpha value is -0.410. The van der Waals surface area contributed by atoms with E-state index in [1.165, 1.54) is 6.07 Å². The van der Waals surface area contributed by atoms with E-state index in [1.807, 2.05) is 6.07 Å². The molecule has 2 unspecified atom stereocenters. The van der Waals surface area contributed by atoms with E-state index in [0.717, 1.165) is 17.3 Å². The van der Waals surface area contributed by atoms with E-state index in [0.29, 0.717) is 12.5 Å². The Morgan fingerprint density at radius 3 is 3.00 bits per heavy atom. The molecule has 0 amide bonds. The second-order valence-corrected chi connectivity index (χ2v) is 4.24. The summed E-state index contributed by atoms with van der Waals surface area (Å²) in [6.45, 7) is 0.708. The monoisotopic (exact) mass is 258 g/mol. The van der Waals surface area contributed by atoms with Crippen molar-refractivity contribution in [3.63, 3.8) is 0 Å². The normalized spacial score (nSPS) is 26.7. The van der Waals surface area contributed by atoms with Gasteiger partial charge in [0.1, 0.15) is 5.82 Å². The van der Waals surface area contributed by atoms with E-state index < -0.39 is 0 Å². The van der Waals surface area contributed by atoms with Gasteiger partial charge in [-0.2, -0.15) is 0 Å². The topological polar surface area (TPSA) is 9.23 Å². The van der Waals surface area contributed by atoms with Crippen molar-refractivity contribution in [3.8, 4) is 0 Å². The van der Waals surface area contributed by atoms with Crippen LogP contribution < -0.4 is 0 Å². The number of ether oxygens (including phenoxy) is 1. The van der Waals surface area contributed by atoms with Gasteiger partial charge in [-0.3, -0.25) is 0 Å². The highest BCUT2D eigenvalue weighted by molar-refractivity contribution is 9.09. The van der Waals surface area contributed by atoms with Crippen molar-refractivity contribution in [2.45, 2.75) is 18.4 Å². The van der Waals surface area contributed by atoms with Crippen molar-refractivity contribution >= 4 is 15.9 Å². The first kappa shape index (κ1) is 10.1. The maximum atomic E-state index is 12.9. The summed E-state index contributed by atoms with van der Waals surface area (Å²) in [5.41, 5.74) is 1.05. The Bertz CT molecular complexity index is 316. The number of rotatable bonds is 2. The van der Waals surface area contributed by atoms with Crippen LogP contribution in [0.4, 0.5) is 4.39 Å². The van der Waals surface area contributed by atoms with E-state index >= 15 is 0 Å². The quantitative estimate of drug-likeness (QED) is 0.741. The summed E-state index contributed by atoms with van der Waals surface area (Å²) in [7, 11) is 0. The second kappa shape index (κ2) is 4.41. The summed E-state index contributed by atoms with van der Waals surface area (Å²) in [5.74, 6) is 0.193. The Morgan fingerprint density at radius 2 is 2.36 bits per heavy atom. The second-order valence-electron chi connectivity index (χ2n) is 3.60. The zero-order chi connectivity index (χ0) is 9.97. The molecule has 1 aliphatic rings. The van der Waals surface area contributed by atoms with E-state index in [9.17, 15) is 4.39 Å². The highest BCUT2D eigenvalue weighted by atomic mass is 79.9. The van der Waals surface area contributed by atoms with Gasteiger partial charge >= 0.3 is 0 Å². The van der Waals surface area contributed by atoms with Crippen LogP contribution in [0.15, 0.2) is 24.3 Å². The van der Waals surface area contributed by atoms with Crippen LogP contribution in [-0.4, -0.2) is 18.0 Å². The zero-order valence-corrected chi connectivity index (χ0v) is 9.34. The lowest BCUT2D eigenvalue weighted by atomic mass is 9.97. The van der Waals surface area contributed by atoms with E-state index in [1.54, 1.807) is 12.1 Å². The van der Waals surface area contributed by atoms with Crippen molar-refractivity contribution in [2.24, 2.45) is 0 Å². The molecule has 1 nitrogen and oxygen atoms in total. The lowest BCUT2D eigenvalue weighted by Gasteiger charge is -2.07. The van der Waals surface area contributed by atoms with Crippen LogP contribution in [0.5, 0.6) is 0 Å². The van der Waals surface area contributed by atoms with Crippen LogP contribution in [0, 0.1) is 5.82 Å². The predicted octanol–water partition coefficient (Wildman–Crippen LogP) is 3.09. The molecule has 76 valence electrons. The minimum Gasteiger partial charge on any atom is -0.377 e. The fraction of sp³-hybridized carbons (Fsp3) is 0.455. The van der Waals surface area contributed by atoms with Crippen molar-refractivity contribution in [3.05, 3.63) is 35.6 Å². The van der Waals surface area contributed by atoms with Gasteiger partial charge in [-0.15, -0.1) is 0 Å². The summed E-state index contributed by atoms with van der Waals surface area (Å²) in [5, 5.41) is 0.860. The van der Waals surface area contributed by atoms with Gasteiger partial charge in [-0.05, 0) is 24.1 Å². The molecule has 0 aromatic heterocycles. The van der Waals surface area contributed by atoms with E-state index in [4.69, 9.17) is 4.74 Å². The first-order chi connectivity index (χ1) is 6.79. The molecule has 0 saturated carbocycles. The molecule has 0 spiro atoms. The third-order valence-electron chi connectivity index (χ3n) is 2.57. The Kier molecular flexibility index (Phi) is 3.19. The van der Waals surface area contributed by atoms with Gasteiger partial charge in [-0.25, -0.2) is 4.39 Å². The zero-order valence-electron chi connectivity index (χ0n) is 7.75. The highest BCUT2D eigenvalue weighted by Crippen LogP contribution is 2.30. The van der Waals surface area contributed by atoms with Gasteiger partial charge < -0.3 is 4.74 Å². The molecule has 2 atom stereocenters. The number of hydrogen-bond acceptors (Lipinski definition) is 1. The SMILES string of the molecule is Fc1cccc(C2COC(CBr)C2)c1. The summed E-state index contributed by atoms with van der Waals surface area (Å²) < 4.78 is 18.5. The summed E-state index contributed by atoms with van der Waals surface area (Å²) >= 11 is 3.39. The molecule has 0 radical (unpaired) electrons. The molecular weight excluding hydrogens is 247 g/mol. The van der Waals surface area contributed by atoms with Crippen LogP contribution >= 0.6 is 15.9 Å². The lowest BCUT2D eigenvalue weighted by Crippen LogP contribution is -2.05. The fourth-order valence-corrected chi connectivity index (χ4v) is 2.26. The maximum Gasteiger partial charge on any atom is 0.123 e. The van der Waals surface area contributed by atoms with Gasteiger partial charge in [0.25, 0.3) is 0 Å². The van der Waals surface area contributed by atoms with Crippen LogP contribution in [0.1, 0.15) is 17.9 Å². The Balaban J connectivity index is 2.09. The number of hydrogen-bond donors (Lipinski definition) is 0. The maximum absolute atomic E-state index is 12.9. The summed E-state index contributed by atoms with van der Waals surface area (Å²) in [6, 6.07) is 6.80. The van der Waals surface area contributed by atoms with Crippen molar-refractivity contribution in [1.29, 1.82) is 0 Å². The Morgan fingerprint density at radius 1 is 1.50 bits per heavy atom. The van der Waals surface area contributed by atoms with Crippen LogP contribution in [0.3, 0.4) is 0 Å². The Labute approximate surface area is 91.4 Å². The van der Waals surface area contributed by atoms with Crippen molar-refractivity contribution < 1.29 is 9.13 Å². The standard InChI is InChI=1S/C11H12BrFO/c12-6-11-5-9(7-14-11)8-2-1-3-10(13)4-8/h1-4,9,11H,5-7H2. The minimum atomic E-state index is -0.162. The highest BCUT2D eigenvalue weighted by Gasteiger charge is 2.25. The molecule has 1 aromatic carbocycles. The number of benzene rings is 1. The number of halogens is 2. The third kappa shape index (κ3) is 2.15. The van der Waals surface area contributed by atoms with Crippen LogP contribution in [0.25, 0.3) is 0 Å². The van der Waals surface area contributed by atoms with Crippen LogP contribution in [-0.2, 0) is 4.74 Å². The fourth-order valence-electron chi connectivity index (χ4n) is 1.81. The molecule has 0 aliphatic carbocycles. The molecule has 1 aliphatic heterocycles. The number of alkyl halides is 1. The first-order valence-corrected chi connectivity index (χ1v) is 5.85. The molecule has 1 aromatic rings. The lowest BCUT2D eigenvalue weighted by molar-refractivity contribution is 0.127. The molecule has 0 bridgehead atoms. The van der Waals surface area contributed by atoms with E-state index in [-0.39, 0.29) is 11.9 Å². The molecule has 14 heavy (non-hydrogen) atoms. The molecule has 0 N–H and O–H groups in total. The van der Waals surface area contributed by atoms with Gasteiger partial charge in [-0.1, -0.05) is 28.1 Å². The first-order valence-electron chi connectivity index (χ1n) is 4.72. The largest absolute Gasteiger partial charge is 0.377 e. The van der Waals surface area contributed by atoms with Crippen molar-refractivity contribution in [1.82, 2.24) is 0 Å². The van der Waals surface area contributed by atoms with Gasteiger partial charge in [0, 0.05) is 11.2 Å². The molecule has 1 saturated heterocycles. The van der Waals surface area contributed by atoms with Crippen LogP contribution in [0.2, 0.25) is 0 Å². The van der Waals surface area contributed by atoms with E-state index in [2.05, 4.69) is 15.9 Å². The molecular formula is C11H12BrFO. The molecule has 3 heteroatoms. The molecule has 2 rings (SSSR count). The minimum absolute atomic E-state index is 0.162. The average Bonchev–Trinajstić information content (AvgIpc) is 2.66. The summed E-state index contributed by atoms with van der Waals surface area (Å²) in [6.07, 6.45) is 1.26. The average molecular weight is 259 g/mol. The van der Waals surface area contributed by atoms with Gasteiger partial charge in [0.2, 0.25) is 0 Å². The smallest absolute Gasteiger partial charge is 0.123 e. The molecule has 1 heterocycles. The summed E-state index contributed by atoms with van der Waals surface area (Å²) in [4.78, 5) is 0. The third-order valence-corrected chi connectivity index (χ3v) is 3.29. The van der Waals surface area contributed by atoms with Crippen molar-refractivity contribution in [2.75, 3.05) is 11.9 Å². The predicted molar refractivity (Wildman–Crippen MR) is 57.3 cm³/mol. The molecule has 1 fully saturated rings. The van der Waals surface area contributed by atoms with Gasteiger partial charge in [0.05, 0.1) is 12.7 Å².